The minimum Gasteiger partial charge on any atom is -0.381 e. The molecule has 0 aromatic carbocycles. The van der Waals surface area contributed by atoms with Gasteiger partial charge in [0.05, 0.1) is 12.3 Å². The van der Waals surface area contributed by atoms with Crippen LogP contribution in [0.4, 0.5) is 5.13 Å². The molecule has 1 aromatic rings. The highest BCUT2D eigenvalue weighted by Crippen LogP contribution is 2.30. The number of carbonyl (C=O) groups excluding carboxylic acids is 1. The summed E-state index contributed by atoms with van der Waals surface area (Å²) in [5, 5.41) is 11.8. The second-order valence-corrected chi connectivity index (χ2v) is 6.30. The van der Waals surface area contributed by atoms with Gasteiger partial charge in [-0.3, -0.25) is 14.6 Å². The Morgan fingerprint density at radius 1 is 1.62 bits per heavy atom. The van der Waals surface area contributed by atoms with Crippen LogP contribution in [0.25, 0.3) is 0 Å². The molecule has 2 fully saturated rings. The highest BCUT2D eigenvalue weighted by atomic mass is 32.1. The number of amides is 1. The summed E-state index contributed by atoms with van der Waals surface area (Å²) in [7, 11) is 1.74. The van der Waals surface area contributed by atoms with E-state index >= 15 is 0 Å². The van der Waals surface area contributed by atoms with E-state index in [0.29, 0.717) is 24.2 Å². The fourth-order valence-corrected chi connectivity index (χ4v) is 3.72. The zero-order valence-corrected chi connectivity index (χ0v) is 12.8. The first-order valence-electron chi connectivity index (χ1n) is 7.18. The predicted octanol–water partition coefficient (Wildman–Crippen LogP) is 1.56. The first-order chi connectivity index (χ1) is 10.2. The summed E-state index contributed by atoms with van der Waals surface area (Å²) >= 11 is 1.48. The lowest BCUT2D eigenvalue weighted by Gasteiger charge is -2.22. The smallest absolute Gasteiger partial charge is 0.251 e. The number of aromatic nitrogens is 1. The Kier molecular flexibility index (Phi) is 4.08. The number of nitrogens with zero attached hydrogens (tertiary/aromatic N) is 4. The zero-order valence-electron chi connectivity index (χ0n) is 12.0. The molecule has 112 valence electrons. The number of ether oxygens (including phenoxy) is 1. The molecule has 0 N–H and O–H groups in total. The molecule has 2 aliphatic heterocycles. The van der Waals surface area contributed by atoms with Gasteiger partial charge in [0.1, 0.15) is 6.04 Å². The second kappa shape index (κ2) is 6.00. The van der Waals surface area contributed by atoms with Gasteiger partial charge in [0.25, 0.3) is 5.91 Å². The lowest BCUT2D eigenvalue weighted by atomic mass is 10.1. The van der Waals surface area contributed by atoms with Gasteiger partial charge in [0, 0.05) is 31.5 Å². The Morgan fingerprint density at radius 3 is 3.19 bits per heavy atom. The maximum absolute atomic E-state index is 12.5. The number of thiazole rings is 1. The summed E-state index contributed by atoms with van der Waals surface area (Å²) in [5.74, 6) is 0.304. The summed E-state index contributed by atoms with van der Waals surface area (Å²) in [4.78, 5) is 20.3. The van der Waals surface area contributed by atoms with E-state index in [-0.39, 0.29) is 11.9 Å². The normalized spacial score (nSPS) is 25.0. The van der Waals surface area contributed by atoms with Crippen LogP contribution in [-0.2, 0) is 9.53 Å². The molecule has 1 unspecified atom stereocenters. The van der Waals surface area contributed by atoms with Gasteiger partial charge in [0.2, 0.25) is 0 Å². The van der Waals surface area contributed by atoms with Crippen LogP contribution in [-0.4, -0.2) is 48.6 Å². The molecule has 2 atom stereocenters. The van der Waals surface area contributed by atoms with Gasteiger partial charge in [-0.2, -0.15) is 5.26 Å². The van der Waals surface area contributed by atoms with E-state index in [1.54, 1.807) is 16.8 Å². The van der Waals surface area contributed by atoms with Crippen LogP contribution in [0, 0.1) is 11.5 Å². The van der Waals surface area contributed by atoms with Crippen molar-refractivity contribution in [2.75, 3.05) is 31.7 Å². The molecule has 3 rings (SSSR count). The van der Waals surface area contributed by atoms with E-state index in [9.17, 15) is 4.79 Å². The molecule has 0 aliphatic carbocycles. The Labute approximate surface area is 127 Å². The monoisotopic (exact) mass is 306 g/mol. The van der Waals surface area contributed by atoms with E-state index in [2.05, 4.69) is 11.2 Å². The molecular weight excluding hydrogens is 288 g/mol. The van der Waals surface area contributed by atoms with Crippen molar-refractivity contribution in [2.24, 2.45) is 0 Å². The highest BCUT2D eigenvalue weighted by Gasteiger charge is 2.33. The van der Waals surface area contributed by atoms with Crippen molar-refractivity contribution in [1.82, 2.24) is 9.88 Å². The van der Waals surface area contributed by atoms with Gasteiger partial charge in [-0.25, -0.2) is 4.98 Å². The van der Waals surface area contributed by atoms with Gasteiger partial charge in [0.15, 0.2) is 11.3 Å². The lowest BCUT2D eigenvalue weighted by molar-refractivity contribution is -0.121. The molecule has 2 aliphatic rings. The van der Waals surface area contributed by atoms with Crippen LogP contribution in [0.3, 0.4) is 0 Å². The zero-order chi connectivity index (χ0) is 14.8. The molecule has 0 spiro atoms. The molecule has 1 amide bonds. The fraction of sp³-hybridized carbons (Fsp3) is 0.643. The second-order valence-electron chi connectivity index (χ2n) is 5.46. The molecule has 21 heavy (non-hydrogen) atoms. The molecule has 7 heteroatoms. The molecule has 2 saturated heterocycles. The molecule has 1 aromatic heterocycles. The van der Waals surface area contributed by atoms with Gasteiger partial charge in [-0.05, 0) is 19.3 Å². The minimum absolute atomic E-state index is 0.0439. The van der Waals surface area contributed by atoms with Crippen LogP contribution < -0.4 is 4.90 Å². The minimum atomic E-state index is -0.331. The lowest BCUT2D eigenvalue weighted by Crippen LogP contribution is -2.42. The van der Waals surface area contributed by atoms with Crippen molar-refractivity contribution in [3.8, 4) is 6.19 Å². The third-order valence-electron chi connectivity index (χ3n) is 4.14. The quantitative estimate of drug-likeness (QED) is 0.793. The Hall–Kier alpha value is -1.65. The number of rotatable bonds is 3. The van der Waals surface area contributed by atoms with Crippen molar-refractivity contribution >= 4 is 22.4 Å². The van der Waals surface area contributed by atoms with Gasteiger partial charge in [-0.15, -0.1) is 11.3 Å². The third kappa shape index (κ3) is 2.74. The first kappa shape index (κ1) is 14.3. The highest BCUT2D eigenvalue weighted by molar-refractivity contribution is 7.14. The van der Waals surface area contributed by atoms with Crippen molar-refractivity contribution < 1.29 is 9.53 Å². The first-order valence-corrected chi connectivity index (χ1v) is 8.06. The van der Waals surface area contributed by atoms with Crippen molar-refractivity contribution in [1.29, 1.82) is 5.26 Å². The summed E-state index contributed by atoms with van der Waals surface area (Å²) in [6.45, 7) is 2.17. The van der Waals surface area contributed by atoms with Gasteiger partial charge >= 0.3 is 0 Å². The van der Waals surface area contributed by atoms with Crippen LogP contribution >= 0.6 is 11.3 Å². The molecule has 0 saturated carbocycles. The SMILES string of the molecule is CN(C(=O)[C@@H]1CCCN1C#N)c1nc(C2CCOC2)cs1. The third-order valence-corrected chi connectivity index (χ3v) is 5.08. The molecule has 3 heterocycles. The van der Waals surface area contributed by atoms with Crippen molar-refractivity contribution in [3.05, 3.63) is 11.1 Å². The summed E-state index contributed by atoms with van der Waals surface area (Å²) in [5.41, 5.74) is 1.01. The Bertz CT molecular complexity index is 562. The van der Waals surface area contributed by atoms with Crippen LogP contribution in [0.2, 0.25) is 0 Å². The van der Waals surface area contributed by atoms with E-state index in [0.717, 1.165) is 31.6 Å². The molecule has 0 radical (unpaired) electrons. The number of carbonyl (C=O) groups is 1. The summed E-state index contributed by atoms with van der Waals surface area (Å²) in [6.07, 6.45) is 4.73. The van der Waals surface area contributed by atoms with Crippen molar-refractivity contribution in [3.63, 3.8) is 0 Å². The molecule has 6 nitrogen and oxygen atoms in total. The van der Waals surface area contributed by atoms with Crippen LogP contribution in [0.5, 0.6) is 0 Å². The van der Waals surface area contributed by atoms with Crippen LogP contribution in [0.15, 0.2) is 5.38 Å². The van der Waals surface area contributed by atoms with E-state index in [1.807, 2.05) is 5.38 Å². The number of likely N-dealkylation sites (N-methyl/N-ethyl adjacent to an activating group) is 1. The number of hydrogen-bond donors (Lipinski definition) is 0. The van der Waals surface area contributed by atoms with E-state index in [4.69, 9.17) is 10.00 Å². The summed E-state index contributed by atoms with van der Waals surface area (Å²) in [6, 6.07) is -0.331. The van der Waals surface area contributed by atoms with Gasteiger partial charge < -0.3 is 4.74 Å². The van der Waals surface area contributed by atoms with Crippen molar-refractivity contribution in [2.45, 2.75) is 31.2 Å². The Balaban J connectivity index is 1.71. The number of likely N-dealkylation sites (tertiary alicyclic amines) is 1. The molecule has 0 bridgehead atoms. The van der Waals surface area contributed by atoms with E-state index < -0.39 is 0 Å². The Morgan fingerprint density at radius 2 is 2.48 bits per heavy atom. The largest absolute Gasteiger partial charge is 0.381 e. The predicted molar refractivity (Wildman–Crippen MR) is 79.0 cm³/mol. The molecular formula is C14H18N4O2S. The van der Waals surface area contributed by atoms with Gasteiger partial charge in [-0.1, -0.05) is 0 Å². The average Bonchev–Trinajstić information content (AvgIpc) is 3.24. The van der Waals surface area contributed by atoms with E-state index in [1.165, 1.54) is 11.3 Å². The maximum Gasteiger partial charge on any atom is 0.251 e. The number of nitriles is 1. The average molecular weight is 306 g/mol. The standard InChI is InChI=1S/C14H18N4O2S/c1-17(13(19)12-3-2-5-18(12)9-15)14-16-11(8-21-14)10-4-6-20-7-10/h8,10,12H,2-7H2,1H3/t10?,12-/m0/s1. The number of hydrogen-bond acceptors (Lipinski definition) is 6. The van der Waals surface area contributed by atoms with Crippen LogP contribution in [0.1, 0.15) is 30.9 Å². The topological polar surface area (TPSA) is 69.5 Å². The summed E-state index contributed by atoms with van der Waals surface area (Å²) < 4.78 is 5.38. The fourth-order valence-electron chi connectivity index (χ4n) is 2.85. The maximum atomic E-state index is 12.5. The number of anilines is 1.